The quantitative estimate of drug-likeness (QED) is 0.138. The van der Waals surface area contributed by atoms with Gasteiger partial charge in [0.05, 0.1) is 11.1 Å². The molecule has 6 aromatic carbocycles. The fourth-order valence-corrected chi connectivity index (χ4v) is 5.18. The molecule has 2 aliphatic rings. The van der Waals surface area contributed by atoms with E-state index in [-0.39, 0.29) is 26.0 Å². The summed E-state index contributed by atoms with van der Waals surface area (Å²) in [6, 6.07) is 45.6. The van der Waals surface area contributed by atoms with Gasteiger partial charge in [0.15, 0.2) is 0 Å². The van der Waals surface area contributed by atoms with Gasteiger partial charge in [-0.15, -0.1) is 11.1 Å². The van der Waals surface area contributed by atoms with E-state index < -0.39 is 23.6 Å². The average Bonchev–Trinajstić information content (AvgIpc) is 3.69. The maximum absolute atomic E-state index is 12.2. The Morgan fingerprint density at radius 2 is 0.840 bits per heavy atom. The predicted octanol–water partition coefficient (Wildman–Crippen LogP) is 9.15. The third kappa shape index (κ3) is 11.0. The second-order valence-corrected chi connectivity index (χ2v) is 10.4. The van der Waals surface area contributed by atoms with Crippen LogP contribution in [-0.2, 0) is 32.0 Å². The second kappa shape index (κ2) is 20.5. The monoisotopic (exact) mass is 718 g/mol. The van der Waals surface area contributed by atoms with Crippen molar-refractivity contribution < 1.29 is 47.8 Å². The predicted molar refractivity (Wildman–Crippen MR) is 195 cm³/mol. The molecule has 0 spiro atoms. The normalized spacial score (nSPS) is 10.2. The Bertz CT molecular complexity index is 1770. The van der Waals surface area contributed by atoms with Gasteiger partial charge >= 0.3 is 38.7 Å². The summed E-state index contributed by atoms with van der Waals surface area (Å²) in [4.78, 5) is 20.4. The van der Waals surface area contributed by atoms with Crippen molar-refractivity contribution >= 4 is 19.6 Å². The van der Waals surface area contributed by atoms with Gasteiger partial charge in [-0.2, -0.15) is 59.7 Å². The zero-order valence-electron chi connectivity index (χ0n) is 27.8. The van der Waals surface area contributed by atoms with E-state index >= 15 is 0 Å². The molecule has 50 heavy (non-hydrogen) atoms. The van der Waals surface area contributed by atoms with Crippen molar-refractivity contribution in [2.75, 3.05) is 0 Å². The summed E-state index contributed by atoms with van der Waals surface area (Å²) in [6.45, 7) is 0. The molecule has 0 saturated carbocycles. The number of carbonyl (C=O) groups is 2. The molecule has 0 bridgehead atoms. The molecule has 0 amide bonds. The van der Waals surface area contributed by atoms with Crippen molar-refractivity contribution in [3.8, 4) is 22.3 Å². The van der Waals surface area contributed by atoms with Crippen molar-refractivity contribution in [2.24, 2.45) is 0 Å². The van der Waals surface area contributed by atoms with Gasteiger partial charge in [0, 0.05) is 0 Å². The Labute approximate surface area is 306 Å². The van der Waals surface area contributed by atoms with E-state index in [1.165, 1.54) is 68.8 Å². The van der Waals surface area contributed by atoms with Crippen LogP contribution >= 0.6 is 0 Å². The molecule has 2 N–H and O–H groups in total. The topological polar surface area (TPSA) is 74.6 Å². The zero-order chi connectivity index (χ0) is 34.5. The number of aromatic carboxylic acids is 2. The van der Waals surface area contributed by atoms with Crippen LogP contribution in [0.1, 0.15) is 43.0 Å². The summed E-state index contributed by atoms with van der Waals surface area (Å²) < 4.78 is 24.3. The van der Waals surface area contributed by atoms with E-state index in [0.717, 1.165) is 37.1 Å². The van der Waals surface area contributed by atoms with E-state index in [2.05, 4.69) is 84.9 Å². The van der Waals surface area contributed by atoms with Gasteiger partial charge < -0.3 is 25.1 Å². The van der Waals surface area contributed by atoms with Crippen LogP contribution in [0, 0.1) is 38.6 Å². The van der Waals surface area contributed by atoms with Crippen molar-refractivity contribution in [2.45, 2.75) is 12.8 Å². The first-order valence-corrected chi connectivity index (χ1v) is 18.8. The van der Waals surface area contributed by atoms with Crippen LogP contribution in [0.25, 0.3) is 22.3 Å². The molecule has 0 unspecified atom stereocenters. The van der Waals surface area contributed by atoms with Crippen molar-refractivity contribution in [1.29, 1.82) is 0 Å². The molecule has 0 aromatic heterocycles. The molecule has 2 aliphatic carbocycles. The van der Waals surface area contributed by atoms with Crippen molar-refractivity contribution in [3.05, 3.63) is 205 Å². The van der Waals surface area contributed by atoms with Crippen molar-refractivity contribution in [3.63, 3.8) is 0 Å². The van der Waals surface area contributed by atoms with E-state index in [9.17, 15) is 18.4 Å². The molecule has 0 saturated heterocycles. The minimum Gasteiger partial charge on any atom is -0.179 e. The van der Waals surface area contributed by atoms with Crippen LogP contribution in [0.3, 0.4) is 0 Å². The third-order valence-electron chi connectivity index (χ3n) is 7.42. The van der Waals surface area contributed by atoms with Crippen molar-refractivity contribution in [1.82, 2.24) is 0 Å². The Balaban J connectivity index is 0.000000226. The largest absolute Gasteiger partial charge is 0.179 e. The fourth-order valence-electron chi connectivity index (χ4n) is 5.18. The van der Waals surface area contributed by atoms with Crippen LogP contribution < -0.4 is 0 Å². The number of halogens is 2. The summed E-state index contributed by atoms with van der Waals surface area (Å²) in [5, 5.41) is 16.7. The van der Waals surface area contributed by atoms with Gasteiger partial charge in [-0.1, -0.05) is 70.8 Å². The van der Waals surface area contributed by atoms with Crippen LogP contribution in [0.5, 0.6) is 0 Å². The van der Waals surface area contributed by atoms with Gasteiger partial charge in [0.1, 0.15) is 11.6 Å². The summed E-state index contributed by atoms with van der Waals surface area (Å²) in [5.74, 6) is -2.94. The van der Waals surface area contributed by atoms with E-state index in [1.807, 2.05) is 38.9 Å². The minimum atomic E-state index is -1.04. The first-order chi connectivity index (χ1) is 23.3. The molecule has 6 aromatic rings. The summed E-state index contributed by atoms with van der Waals surface area (Å²) in [6.07, 6.45) is 2.10. The summed E-state index contributed by atoms with van der Waals surface area (Å²) in [7, 11) is 1.86. The summed E-state index contributed by atoms with van der Waals surface area (Å²) in [5.41, 5.74) is 11.2. The van der Waals surface area contributed by atoms with E-state index in [4.69, 9.17) is 10.2 Å². The number of carboxylic acid groups (broad SMARTS) is 2. The molecule has 8 heteroatoms. The number of hydrogen-bond acceptors (Lipinski definition) is 2. The smallest absolute Gasteiger partial charge is 0.0253 e. The van der Waals surface area contributed by atoms with Crippen LogP contribution in [0.2, 0.25) is 0 Å². The fraction of sp³-hybridized carbons (Fsp3) is 0.0476. The Morgan fingerprint density at radius 1 is 0.520 bits per heavy atom. The van der Waals surface area contributed by atoms with E-state index in [0.29, 0.717) is 0 Å². The zero-order valence-corrected chi connectivity index (χ0v) is 30.8. The standard InChI is InChI=1S/2C13H9.2C7H5FO2.2CH3.H2Si.Ti/c2*1-3-7-12-10(5-1)9-11-6-2-4-8-13(11)12;2*8-6-3-1-5(2-4-6)7(9)10;;;;/h2*1-5,7-8H,9H2;2*1-4H,(H,9,10);2*1H3;1H2;/q2*-1;;;2*-1;;. The number of benzene rings is 6. The molecule has 254 valence electrons. The number of fused-ring (bicyclic) bond motifs is 6. The molecular weight excluding hydrogens is 682 g/mol. The minimum absolute atomic E-state index is 0. The molecule has 8 rings (SSSR count). The third-order valence-corrected chi connectivity index (χ3v) is 7.42. The molecule has 0 aliphatic heterocycles. The number of carboxylic acids is 2. The molecule has 0 atom stereocenters. The molecular formula is C42H36F2O4SiTi-4. The molecule has 0 heterocycles. The van der Waals surface area contributed by atoms with E-state index in [1.54, 1.807) is 0 Å². The van der Waals surface area contributed by atoms with Crippen LogP contribution in [0.4, 0.5) is 8.78 Å². The Hall–Kier alpha value is -4.95. The number of rotatable bonds is 2. The number of hydrogen-bond donors (Lipinski definition) is 2. The molecule has 0 fully saturated rings. The SMILES string of the molecule is O=C(O)c1ccc(F)cc1.O=C(O)c1ccc(F)cc1.[CH3-].[CH3-].[SiH2]=[Ti].[c-]1cccc2c1Cc1ccccc1-2.[c-]1cccc2c1Cc1ccccc1-2. The Morgan fingerprint density at radius 3 is 1.18 bits per heavy atom. The van der Waals surface area contributed by atoms with Crippen LogP contribution in [0.15, 0.2) is 133 Å². The van der Waals surface area contributed by atoms with Gasteiger partial charge in [-0.3, -0.25) is 0 Å². The molecule has 4 nitrogen and oxygen atoms in total. The maximum Gasteiger partial charge on any atom is -0.0253 e. The van der Waals surface area contributed by atoms with Gasteiger partial charge in [0.25, 0.3) is 0 Å². The first kappa shape index (κ1) is 41.2. The van der Waals surface area contributed by atoms with Crippen LogP contribution in [-0.4, -0.2) is 29.8 Å². The van der Waals surface area contributed by atoms with Gasteiger partial charge in [-0.05, 0) is 61.4 Å². The van der Waals surface area contributed by atoms with Gasteiger partial charge in [0.2, 0.25) is 0 Å². The molecule has 0 radical (unpaired) electrons. The summed E-state index contributed by atoms with van der Waals surface area (Å²) >= 11 is 2.03. The van der Waals surface area contributed by atoms with Gasteiger partial charge in [-0.25, -0.2) is 18.4 Å². The first-order valence-electron chi connectivity index (χ1n) is 14.8. The average molecular weight is 719 g/mol. The Kier molecular flexibility index (Phi) is 16.9. The second-order valence-electron chi connectivity index (χ2n) is 10.4. The maximum atomic E-state index is 12.2.